The number of aromatic nitrogens is 1. The molecule has 9 heteroatoms. The molecule has 0 fully saturated rings. The van der Waals surface area contributed by atoms with Crippen LogP contribution in [0.4, 0.5) is 5.69 Å². The number of nitrogens with zero attached hydrogens (tertiary/aromatic N) is 4. The number of ether oxygens (including phenoxy) is 1. The molecule has 4 aromatic carbocycles. The zero-order valence-electron chi connectivity index (χ0n) is 35.8. The largest absolute Gasteiger partial charge is 1.00 e. The van der Waals surface area contributed by atoms with Gasteiger partial charge in [-0.2, -0.15) is 4.57 Å². The van der Waals surface area contributed by atoms with Crippen molar-refractivity contribution in [2.75, 3.05) is 63.8 Å². The third-order valence-corrected chi connectivity index (χ3v) is 12.8. The van der Waals surface area contributed by atoms with Gasteiger partial charge in [-0.25, -0.2) is 0 Å². The third kappa shape index (κ3) is 11.1. The molecule has 1 aliphatic rings. The monoisotopic (exact) mass is 978 g/mol. The smallest absolute Gasteiger partial charge is 0.374 e. The number of aryl methyl sites for hydroxylation is 1. The van der Waals surface area contributed by atoms with Crippen molar-refractivity contribution in [2.24, 2.45) is 0 Å². The van der Waals surface area contributed by atoms with Gasteiger partial charge in [-0.1, -0.05) is 79.7 Å². The van der Waals surface area contributed by atoms with E-state index in [1.807, 2.05) is 0 Å². The van der Waals surface area contributed by atoms with E-state index in [4.69, 9.17) is 9.15 Å². The summed E-state index contributed by atoms with van der Waals surface area (Å²) >= 11 is 0. The van der Waals surface area contributed by atoms with Gasteiger partial charge in [0.25, 0.3) is 5.52 Å². The number of quaternary nitrogens is 2. The first kappa shape index (κ1) is 49.2. The zero-order chi connectivity index (χ0) is 38.8. The van der Waals surface area contributed by atoms with Gasteiger partial charge in [0.1, 0.15) is 0 Å². The Kier molecular flexibility index (Phi) is 19.5. The van der Waals surface area contributed by atoms with E-state index in [2.05, 4.69) is 167 Å². The molecule has 1 aromatic heterocycles. The molecule has 6 nitrogen and oxygen atoms in total. The summed E-state index contributed by atoms with van der Waals surface area (Å²) in [6.07, 6.45) is 7.52. The maximum atomic E-state index is 6.74. The SMILES string of the molecule is CCC(=Cc1oc2ccc(-c3ccccc3)cc2[n+]1CCC[N+](CC)(CC)CC)C=C1Oc2ccc(-c3ccccc3)cc2N1CCC[N+](CC)(CC)CC.[Br-].[Br-].[Br-]. The van der Waals surface area contributed by atoms with Gasteiger partial charge in [-0.15, -0.1) is 0 Å². The van der Waals surface area contributed by atoms with E-state index in [-0.39, 0.29) is 50.9 Å². The lowest BCUT2D eigenvalue weighted by Crippen LogP contribution is -3.00. The number of anilines is 1. The quantitative estimate of drug-likeness (QED) is 0.0941. The first-order chi connectivity index (χ1) is 26.8. The number of fused-ring (bicyclic) bond motifs is 2. The fourth-order valence-electron chi connectivity index (χ4n) is 8.48. The summed E-state index contributed by atoms with van der Waals surface area (Å²) in [5.41, 5.74) is 9.22. The number of hydrogen-bond donors (Lipinski definition) is 0. The molecule has 0 radical (unpaired) electrons. The molecule has 0 bridgehead atoms. The summed E-state index contributed by atoms with van der Waals surface area (Å²) in [5.74, 6) is 2.70. The van der Waals surface area contributed by atoms with Gasteiger partial charge in [0.15, 0.2) is 12.3 Å². The summed E-state index contributed by atoms with van der Waals surface area (Å²) < 4.78 is 18.2. The van der Waals surface area contributed by atoms with Gasteiger partial charge in [0, 0.05) is 25.1 Å². The van der Waals surface area contributed by atoms with E-state index in [9.17, 15) is 0 Å². The van der Waals surface area contributed by atoms with Crippen LogP contribution in [0.3, 0.4) is 0 Å². The van der Waals surface area contributed by atoms with Gasteiger partial charge in [0.05, 0.1) is 70.5 Å². The molecule has 0 aliphatic carbocycles. The molecular weight excluding hydrogens is 916 g/mol. The van der Waals surface area contributed by atoms with Gasteiger partial charge in [-0.05, 0) is 94.0 Å². The van der Waals surface area contributed by atoms with Crippen molar-refractivity contribution in [3.05, 3.63) is 120 Å². The number of halogens is 3. The van der Waals surface area contributed by atoms with Crippen LogP contribution in [-0.4, -0.2) is 67.9 Å². The highest BCUT2D eigenvalue weighted by Gasteiger charge is 2.30. The lowest BCUT2D eigenvalue weighted by Gasteiger charge is -2.36. The van der Waals surface area contributed by atoms with Crippen LogP contribution in [0.15, 0.2) is 119 Å². The molecule has 5 aromatic rings. The standard InChI is InChI=1S/C49H65N4O2.3BrH/c1-8-39(35-48-50(31-21-33-52(9-2,10-3)11-4)44-37-42(27-29-46(44)54-48)40-23-17-15-18-24-40)36-49-51(32-22-34-53(12-5,13-6)14-7)45-38-43(28-30-47(45)55-49)41-25-19-16-20-26-41;;;/h15-20,23-30,35-38H,8-14,21-22,31-34H2,1-7H3;3*1H/q+3;;;/p-3. The summed E-state index contributed by atoms with van der Waals surface area (Å²) in [7, 11) is 0. The number of benzene rings is 4. The van der Waals surface area contributed by atoms with Gasteiger partial charge in [0.2, 0.25) is 11.5 Å². The number of oxazole rings is 1. The maximum absolute atomic E-state index is 6.74. The summed E-state index contributed by atoms with van der Waals surface area (Å²) in [5, 5.41) is 0. The second kappa shape index (κ2) is 23.0. The van der Waals surface area contributed by atoms with Crippen LogP contribution in [-0.2, 0) is 6.54 Å². The van der Waals surface area contributed by atoms with E-state index >= 15 is 0 Å². The Labute approximate surface area is 380 Å². The normalized spacial score (nSPS) is 13.5. The van der Waals surface area contributed by atoms with Gasteiger partial charge >= 0.3 is 5.89 Å². The molecular formula is C49H65Br3N4O2. The summed E-state index contributed by atoms with van der Waals surface area (Å²) in [6, 6.07) is 34.6. The predicted octanol–water partition coefficient (Wildman–Crippen LogP) is 2.13. The van der Waals surface area contributed by atoms with E-state index in [1.54, 1.807) is 0 Å². The molecule has 0 N–H and O–H groups in total. The Morgan fingerprint density at radius 1 is 0.621 bits per heavy atom. The number of hydrogen-bond acceptors (Lipinski definition) is 3. The van der Waals surface area contributed by atoms with Crippen molar-refractivity contribution >= 4 is 22.9 Å². The highest BCUT2D eigenvalue weighted by atomic mass is 79.9. The van der Waals surface area contributed by atoms with Crippen molar-refractivity contribution < 1.29 is 73.6 Å². The Balaban J connectivity index is 0.00000300. The molecule has 0 spiro atoms. The summed E-state index contributed by atoms with van der Waals surface area (Å²) in [6.45, 7) is 27.2. The first-order valence-corrected chi connectivity index (χ1v) is 21.1. The molecule has 1 aliphatic heterocycles. The molecule has 0 saturated heterocycles. The van der Waals surface area contributed by atoms with Gasteiger partial charge < -0.3 is 74.0 Å². The number of rotatable bonds is 19. The lowest BCUT2D eigenvalue weighted by atomic mass is 10.0. The van der Waals surface area contributed by atoms with Crippen molar-refractivity contribution in [2.45, 2.75) is 74.3 Å². The molecule has 58 heavy (non-hydrogen) atoms. The lowest BCUT2D eigenvalue weighted by molar-refractivity contribution is -0.925. The Bertz CT molecular complexity index is 2060. The third-order valence-electron chi connectivity index (χ3n) is 12.8. The van der Waals surface area contributed by atoms with Crippen LogP contribution in [0.1, 0.15) is 73.6 Å². The fourth-order valence-corrected chi connectivity index (χ4v) is 8.48. The van der Waals surface area contributed by atoms with Crippen LogP contribution in [0.2, 0.25) is 0 Å². The average Bonchev–Trinajstić information content (AvgIpc) is 3.77. The summed E-state index contributed by atoms with van der Waals surface area (Å²) in [4.78, 5) is 2.41. The number of allylic oxidation sites excluding steroid dienone is 2. The van der Waals surface area contributed by atoms with E-state index in [0.717, 1.165) is 128 Å². The highest BCUT2D eigenvalue weighted by molar-refractivity contribution is 5.79. The minimum Gasteiger partial charge on any atom is -1.00 e. The van der Waals surface area contributed by atoms with E-state index in [0.29, 0.717) is 0 Å². The van der Waals surface area contributed by atoms with Crippen molar-refractivity contribution in [3.63, 3.8) is 0 Å². The topological polar surface area (TPSA) is 29.5 Å². The van der Waals surface area contributed by atoms with Crippen LogP contribution in [0.25, 0.3) is 39.4 Å². The fraction of sp³-hybridized carbons (Fsp3) is 0.408. The molecule has 0 saturated carbocycles. The minimum atomic E-state index is 0. The Hall–Kier alpha value is -3.21. The van der Waals surface area contributed by atoms with Crippen LogP contribution in [0.5, 0.6) is 5.75 Å². The van der Waals surface area contributed by atoms with Crippen LogP contribution < -0.4 is 65.1 Å². The molecule has 0 amide bonds. The average molecular weight is 982 g/mol. The second-order valence-electron chi connectivity index (χ2n) is 15.2. The molecule has 0 atom stereocenters. The van der Waals surface area contributed by atoms with E-state index < -0.39 is 0 Å². The highest BCUT2D eigenvalue weighted by Crippen LogP contribution is 2.42. The van der Waals surface area contributed by atoms with Crippen LogP contribution >= 0.6 is 0 Å². The van der Waals surface area contributed by atoms with Crippen molar-refractivity contribution in [1.82, 2.24) is 0 Å². The van der Waals surface area contributed by atoms with Crippen LogP contribution in [0, 0.1) is 0 Å². The van der Waals surface area contributed by atoms with E-state index in [1.165, 1.54) is 27.8 Å². The zero-order valence-corrected chi connectivity index (χ0v) is 40.6. The Morgan fingerprint density at radius 3 is 1.71 bits per heavy atom. The maximum Gasteiger partial charge on any atom is 0.374 e. The van der Waals surface area contributed by atoms with Crippen molar-refractivity contribution in [1.29, 1.82) is 0 Å². The molecule has 0 unspecified atom stereocenters. The molecule has 2 heterocycles. The minimum absolute atomic E-state index is 0. The molecule has 314 valence electrons. The predicted molar refractivity (Wildman–Crippen MR) is 231 cm³/mol. The van der Waals surface area contributed by atoms with Gasteiger partial charge in [-0.3, -0.25) is 0 Å². The van der Waals surface area contributed by atoms with Crippen molar-refractivity contribution in [3.8, 4) is 28.0 Å². The Morgan fingerprint density at radius 2 is 1.16 bits per heavy atom. The molecule has 6 rings (SSSR count). The first-order valence-electron chi connectivity index (χ1n) is 21.1. The second-order valence-corrected chi connectivity index (χ2v) is 15.2.